The van der Waals surface area contributed by atoms with Gasteiger partial charge < -0.3 is 20.7 Å². The Kier molecular flexibility index (Phi) is 6.43. The summed E-state index contributed by atoms with van der Waals surface area (Å²) >= 11 is 0. The van der Waals surface area contributed by atoms with Gasteiger partial charge in [-0.15, -0.1) is 0 Å². The van der Waals surface area contributed by atoms with Crippen molar-refractivity contribution in [3.63, 3.8) is 0 Å². The molecule has 0 atom stereocenters. The Bertz CT molecular complexity index is 609. The minimum Gasteiger partial charge on any atom is -0.383 e. The van der Waals surface area contributed by atoms with Crippen LogP contribution < -0.4 is 16.0 Å². The van der Waals surface area contributed by atoms with Gasteiger partial charge in [-0.05, 0) is 24.6 Å². The highest BCUT2D eigenvalue weighted by molar-refractivity contribution is 5.88. The van der Waals surface area contributed by atoms with Gasteiger partial charge in [0.05, 0.1) is 18.5 Å². The summed E-state index contributed by atoms with van der Waals surface area (Å²) in [6, 6.07) is 7.67. The van der Waals surface area contributed by atoms with E-state index < -0.39 is 0 Å². The average Bonchev–Trinajstić information content (AvgIpc) is 3.02. The molecule has 0 saturated carbocycles. The maximum atomic E-state index is 11.8. The number of benzene rings is 1. The van der Waals surface area contributed by atoms with Gasteiger partial charge in [-0.2, -0.15) is 5.10 Å². The number of urea groups is 1. The van der Waals surface area contributed by atoms with Crippen LogP contribution in [0.3, 0.4) is 0 Å². The third-order valence-electron chi connectivity index (χ3n) is 3.26. The number of amides is 2. The molecule has 1 aromatic heterocycles. The van der Waals surface area contributed by atoms with E-state index in [1.807, 2.05) is 31.2 Å². The largest absolute Gasteiger partial charge is 0.383 e. The topological polar surface area (TPSA) is 80.2 Å². The number of aromatic nitrogens is 2. The van der Waals surface area contributed by atoms with Gasteiger partial charge in [0.25, 0.3) is 0 Å². The van der Waals surface area contributed by atoms with Crippen LogP contribution in [0.2, 0.25) is 0 Å². The molecule has 0 bridgehead atoms. The number of hydrogen-bond donors (Lipinski definition) is 3. The van der Waals surface area contributed by atoms with Crippen LogP contribution in [-0.4, -0.2) is 36.1 Å². The molecule has 1 heterocycles. The number of nitrogens with zero attached hydrogens (tertiary/aromatic N) is 2. The molecule has 0 radical (unpaired) electrons. The van der Waals surface area contributed by atoms with Crippen molar-refractivity contribution in [1.82, 2.24) is 15.1 Å². The number of nitrogens with one attached hydrogen (secondary N) is 3. The van der Waals surface area contributed by atoms with E-state index in [0.29, 0.717) is 18.8 Å². The minimum absolute atomic E-state index is 0.247. The second kappa shape index (κ2) is 8.79. The molecule has 0 saturated heterocycles. The quantitative estimate of drug-likeness (QED) is 0.653. The number of carbonyl (C=O) groups excluding carboxylic acids is 1. The number of methoxy groups -OCH3 is 1. The summed E-state index contributed by atoms with van der Waals surface area (Å²) in [5.41, 5.74) is 2.74. The van der Waals surface area contributed by atoms with Crippen molar-refractivity contribution in [3.05, 3.63) is 42.2 Å². The lowest BCUT2D eigenvalue weighted by Gasteiger charge is -2.08. The Morgan fingerprint density at radius 1 is 1.26 bits per heavy atom. The number of ether oxygens (including phenoxy) is 1. The van der Waals surface area contributed by atoms with Gasteiger partial charge in [0.2, 0.25) is 0 Å². The zero-order chi connectivity index (χ0) is 16.5. The summed E-state index contributed by atoms with van der Waals surface area (Å²) in [5, 5.41) is 12.9. The molecule has 2 aromatic rings. The number of rotatable bonds is 8. The summed E-state index contributed by atoms with van der Waals surface area (Å²) in [7, 11) is 1.68. The first kappa shape index (κ1) is 16.8. The van der Waals surface area contributed by atoms with Crippen molar-refractivity contribution in [2.45, 2.75) is 20.0 Å². The van der Waals surface area contributed by atoms with Crippen molar-refractivity contribution >= 4 is 17.4 Å². The molecule has 23 heavy (non-hydrogen) atoms. The van der Waals surface area contributed by atoms with Gasteiger partial charge in [-0.25, -0.2) is 4.79 Å². The molecular weight excluding hydrogens is 294 g/mol. The fraction of sp³-hybridized carbons (Fsp3) is 0.375. The van der Waals surface area contributed by atoms with Gasteiger partial charge in [-0.1, -0.05) is 12.1 Å². The van der Waals surface area contributed by atoms with Crippen molar-refractivity contribution in [2.24, 2.45) is 0 Å². The first-order valence-electron chi connectivity index (χ1n) is 7.60. The number of anilines is 2. The fourth-order valence-corrected chi connectivity index (χ4v) is 2.00. The molecule has 2 amide bonds. The fourth-order valence-electron chi connectivity index (χ4n) is 2.00. The molecule has 0 aliphatic carbocycles. The van der Waals surface area contributed by atoms with Crippen LogP contribution in [0.15, 0.2) is 36.7 Å². The molecule has 0 spiro atoms. The molecule has 0 fully saturated rings. The van der Waals surface area contributed by atoms with Crippen LogP contribution in [-0.2, 0) is 17.8 Å². The smallest absolute Gasteiger partial charge is 0.319 e. The Hall–Kier alpha value is -2.54. The van der Waals surface area contributed by atoms with Gasteiger partial charge >= 0.3 is 6.03 Å². The van der Waals surface area contributed by atoms with Crippen molar-refractivity contribution in [1.29, 1.82) is 0 Å². The molecule has 0 aliphatic rings. The highest BCUT2D eigenvalue weighted by Gasteiger charge is 2.03. The van der Waals surface area contributed by atoms with E-state index in [4.69, 9.17) is 4.74 Å². The van der Waals surface area contributed by atoms with E-state index >= 15 is 0 Å². The summed E-state index contributed by atoms with van der Waals surface area (Å²) in [5.74, 6) is 0. The number of hydrogen-bond acceptors (Lipinski definition) is 4. The van der Waals surface area contributed by atoms with Crippen molar-refractivity contribution in [2.75, 3.05) is 30.9 Å². The Labute approximate surface area is 136 Å². The van der Waals surface area contributed by atoms with E-state index in [2.05, 4.69) is 21.0 Å². The standard InChI is InChI=1S/C16H23N5O2/c1-3-21-12-15(11-19-21)20-16(22)18-10-13-4-6-14(7-5-13)17-8-9-23-2/h4-7,11-12,17H,3,8-10H2,1-2H3,(H2,18,20,22). The molecule has 7 nitrogen and oxygen atoms in total. The lowest BCUT2D eigenvalue weighted by atomic mass is 10.2. The van der Waals surface area contributed by atoms with E-state index in [1.165, 1.54) is 0 Å². The van der Waals surface area contributed by atoms with Crippen LogP contribution in [0.4, 0.5) is 16.2 Å². The van der Waals surface area contributed by atoms with Gasteiger partial charge in [0, 0.05) is 38.6 Å². The summed E-state index contributed by atoms with van der Waals surface area (Å²) in [4.78, 5) is 11.8. The lowest BCUT2D eigenvalue weighted by molar-refractivity contribution is 0.211. The van der Waals surface area contributed by atoms with E-state index in [0.717, 1.165) is 24.3 Å². The van der Waals surface area contributed by atoms with Gasteiger partial charge in [-0.3, -0.25) is 4.68 Å². The third-order valence-corrected chi connectivity index (χ3v) is 3.26. The Balaban J connectivity index is 1.75. The third kappa shape index (κ3) is 5.63. The van der Waals surface area contributed by atoms with Crippen LogP contribution in [0.5, 0.6) is 0 Å². The molecule has 7 heteroatoms. The van der Waals surface area contributed by atoms with Crippen LogP contribution in [0, 0.1) is 0 Å². The van der Waals surface area contributed by atoms with Crippen molar-refractivity contribution in [3.8, 4) is 0 Å². The number of carbonyl (C=O) groups is 1. The van der Waals surface area contributed by atoms with Crippen LogP contribution in [0.25, 0.3) is 0 Å². The zero-order valence-electron chi connectivity index (χ0n) is 13.5. The maximum Gasteiger partial charge on any atom is 0.319 e. The summed E-state index contributed by atoms with van der Waals surface area (Å²) in [6.07, 6.45) is 3.42. The maximum absolute atomic E-state index is 11.8. The van der Waals surface area contributed by atoms with E-state index in [9.17, 15) is 4.79 Å². The Morgan fingerprint density at radius 3 is 2.70 bits per heavy atom. The molecule has 2 rings (SSSR count). The second-order valence-electron chi connectivity index (χ2n) is 5.01. The number of aryl methyl sites for hydroxylation is 1. The average molecular weight is 317 g/mol. The van der Waals surface area contributed by atoms with E-state index in [1.54, 1.807) is 24.2 Å². The van der Waals surface area contributed by atoms with Crippen LogP contribution in [0.1, 0.15) is 12.5 Å². The Morgan fingerprint density at radius 2 is 2.04 bits per heavy atom. The van der Waals surface area contributed by atoms with Gasteiger partial charge in [0.15, 0.2) is 0 Å². The monoisotopic (exact) mass is 317 g/mol. The lowest BCUT2D eigenvalue weighted by Crippen LogP contribution is -2.28. The summed E-state index contributed by atoms with van der Waals surface area (Å²) < 4.78 is 6.74. The normalized spacial score (nSPS) is 10.3. The molecule has 0 aliphatic heterocycles. The summed E-state index contributed by atoms with van der Waals surface area (Å²) in [6.45, 7) is 4.66. The molecule has 124 valence electrons. The molecule has 0 unspecified atom stereocenters. The highest BCUT2D eigenvalue weighted by atomic mass is 16.5. The first-order valence-corrected chi connectivity index (χ1v) is 7.60. The predicted octanol–water partition coefficient (Wildman–Crippen LogP) is 2.28. The van der Waals surface area contributed by atoms with Crippen LogP contribution >= 0.6 is 0 Å². The minimum atomic E-state index is -0.247. The van der Waals surface area contributed by atoms with Gasteiger partial charge in [0.1, 0.15) is 0 Å². The second-order valence-corrected chi connectivity index (χ2v) is 5.01. The predicted molar refractivity (Wildman–Crippen MR) is 90.6 cm³/mol. The van der Waals surface area contributed by atoms with Crippen molar-refractivity contribution < 1.29 is 9.53 Å². The zero-order valence-corrected chi connectivity index (χ0v) is 13.5. The molecular formula is C16H23N5O2. The highest BCUT2D eigenvalue weighted by Crippen LogP contribution is 2.09. The molecule has 3 N–H and O–H groups in total. The first-order chi connectivity index (χ1) is 11.2. The molecule has 1 aromatic carbocycles. The SMILES string of the molecule is CCn1cc(NC(=O)NCc2ccc(NCCOC)cc2)cn1. The van der Waals surface area contributed by atoms with E-state index in [-0.39, 0.29) is 6.03 Å².